The number of fused-ring (bicyclic) bond motifs is 1. The van der Waals surface area contributed by atoms with Crippen LogP contribution in [0.1, 0.15) is 22.4 Å². The van der Waals surface area contributed by atoms with Crippen LogP contribution >= 0.6 is 0 Å². The van der Waals surface area contributed by atoms with Crippen LogP contribution in [-0.4, -0.2) is 23.0 Å². The smallest absolute Gasteiger partial charge is 0.308 e. The summed E-state index contributed by atoms with van der Waals surface area (Å²) in [7, 11) is 0. The van der Waals surface area contributed by atoms with Crippen LogP contribution in [0, 0.1) is 13.8 Å². The van der Waals surface area contributed by atoms with Crippen LogP contribution in [0.15, 0.2) is 97.2 Å². The normalized spacial score (nSPS) is 13.4. The fourth-order valence-corrected chi connectivity index (χ4v) is 4.48. The highest BCUT2D eigenvalue weighted by Crippen LogP contribution is 2.39. The van der Waals surface area contributed by atoms with Crippen LogP contribution in [0.4, 0.5) is 26.7 Å². The topological polar surface area (TPSA) is 115 Å². The number of nitrogens with one attached hydrogen (secondary N) is 4. The van der Waals surface area contributed by atoms with Crippen LogP contribution in [0.2, 0.25) is 0 Å². The van der Waals surface area contributed by atoms with Crippen molar-refractivity contribution in [2.45, 2.75) is 26.1 Å². The molecular weight excluding hydrogens is 492 g/mol. The largest absolute Gasteiger partial charge is 0.321 e. The van der Waals surface area contributed by atoms with Crippen molar-refractivity contribution in [3.05, 3.63) is 120 Å². The molecule has 2 heterocycles. The minimum absolute atomic E-state index is 0.154. The standard InChI is InChI=1S/C30H28N6O3/c1-20-10-14-22(15-11-20)32-28(38)34-30(35-29(39)33-23-16-12-21(2)13-17-23)25-8-3-4-9-26(25)36(27(30)37)19-24-7-5-6-18-31-24/h3-18H,19H2,1-2H3,(H2,32,34,38)(H2,33,35,39). The number of amides is 5. The van der Waals surface area contributed by atoms with Crippen molar-refractivity contribution in [1.29, 1.82) is 0 Å². The van der Waals surface area contributed by atoms with Crippen LogP contribution in [0.25, 0.3) is 0 Å². The quantitative estimate of drug-likeness (QED) is 0.267. The van der Waals surface area contributed by atoms with Crippen molar-refractivity contribution >= 4 is 35.0 Å². The molecule has 9 nitrogen and oxygen atoms in total. The maximum atomic E-state index is 14.2. The zero-order chi connectivity index (χ0) is 27.4. The van der Waals surface area contributed by atoms with Gasteiger partial charge in [0, 0.05) is 23.1 Å². The van der Waals surface area contributed by atoms with Gasteiger partial charge in [-0.1, -0.05) is 59.7 Å². The summed E-state index contributed by atoms with van der Waals surface area (Å²) in [6.45, 7) is 4.04. The fourth-order valence-electron chi connectivity index (χ4n) is 4.48. The zero-order valence-corrected chi connectivity index (χ0v) is 21.6. The Kier molecular flexibility index (Phi) is 6.96. The van der Waals surface area contributed by atoms with Gasteiger partial charge in [-0.25, -0.2) is 9.59 Å². The van der Waals surface area contributed by atoms with Gasteiger partial charge in [-0.05, 0) is 56.3 Å². The van der Waals surface area contributed by atoms with E-state index >= 15 is 0 Å². The SMILES string of the molecule is Cc1ccc(NC(=O)NC2(NC(=O)Nc3ccc(C)cc3)C(=O)N(Cc3ccccn3)c3ccccc32)cc1. The Morgan fingerprint density at radius 3 is 1.82 bits per heavy atom. The van der Waals surface area contributed by atoms with E-state index in [0.717, 1.165) is 11.1 Å². The summed E-state index contributed by atoms with van der Waals surface area (Å²) in [5.74, 6) is -0.521. The molecule has 0 radical (unpaired) electrons. The molecule has 1 aliphatic rings. The van der Waals surface area contributed by atoms with E-state index in [1.807, 2.05) is 50.2 Å². The molecule has 9 heteroatoms. The average molecular weight is 521 g/mol. The summed E-state index contributed by atoms with van der Waals surface area (Å²) >= 11 is 0. The Morgan fingerprint density at radius 2 is 1.28 bits per heavy atom. The maximum Gasteiger partial charge on any atom is 0.321 e. The molecule has 4 aromatic rings. The molecule has 0 spiro atoms. The summed E-state index contributed by atoms with van der Waals surface area (Å²) in [5, 5.41) is 11.1. The summed E-state index contributed by atoms with van der Waals surface area (Å²) < 4.78 is 0. The molecule has 0 aliphatic carbocycles. The van der Waals surface area contributed by atoms with E-state index in [0.29, 0.717) is 28.3 Å². The van der Waals surface area contributed by atoms with Gasteiger partial charge >= 0.3 is 12.1 Å². The molecule has 0 saturated carbocycles. The number of para-hydroxylation sites is 1. The summed E-state index contributed by atoms with van der Waals surface area (Å²) in [6, 6.07) is 25.7. The number of aromatic nitrogens is 1. The fraction of sp³-hybridized carbons (Fsp3) is 0.133. The molecule has 39 heavy (non-hydrogen) atoms. The predicted molar refractivity (Wildman–Crippen MR) is 150 cm³/mol. The van der Waals surface area contributed by atoms with E-state index in [9.17, 15) is 14.4 Å². The van der Waals surface area contributed by atoms with E-state index in [4.69, 9.17) is 0 Å². The van der Waals surface area contributed by atoms with Gasteiger partial charge in [-0.15, -0.1) is 0 Å². The number of rotatable bonds is 6. The second-order valence-electron chi connectivity index (χ2n) is 9.37. The Labute approximate surface area is 226 Å². The number of carbonyl (C=O) groups is 3. The molecule has 1 aromatic heterocycles. The van der Waals surface area contributed by atoms with E-state index in [1.54, 1.807) is 60.8 Å². The Morgan fingerprint density at radius 1 is 0.744 bits per heavy atom. The highest BCUT2D eigenvalue weighted by atomic mass is 16.2. The average Bonchev–Trinajstić information content (AvgIpc) is 3.14. The molecule has 4 N–H and O–H groups in total. The van der Waals surface area contributed by atoms with Crippen LogP contribution in [0.5, 0.6) is 0 Å². The van der Waals surface area contributed by atoms with Gasteiger partial charge in [-0.3, -0.25) is 9.78 Å². The number of hydrogen-bond acceptors (Lipinski definition) is 4. The van der Waals surface area contributed by atoms with Gasteiger partial charge in [0.05, 0.1) is 17.9 Å². The molecule has 5 rings (SSSR count). The monoisotopic (exact) mass is 520 g/mol. The molecule has 3 aromatic carbocycles. The molecule has 0 fully saturated rings. The van der Waals surface area contributed by atoms with E-state index in [2.05, 4.69) is 26.3 Å². The molecule has 0 atom stereocenters. The molecular formula is C30H28N6O3. The summed E-state index contributed by atoms with van der Waals surface area (Å²) in [5.41, 5.74) is 2.93. The predicted octanol–water partition coefficient (Wildman–Crippen LogP) is 5.04. The third-order valence-corrected chi connectivity index (χ3v) is 6.43. The Bertz CT molecular complexity index is 1440. The second kappa shape index (κ2) is 10.7. The van der Waals surface area contributed by atoms with Crippen LogP contribution < -0.4 is 26.2 Å². The first-order valence-electron chi connectivity index (χ1n) is 12.5. The lowest BCUT2D eigenvalue weighted by molar-refractivity contribution is -0.124. The van der Waals surface area contributed by atoms with Crippen molar-refractivity contribution in [3.63, 3.8) is 0 Å². The minimum atomic E-state index is -1.88. The number of hydrogen-bond donors (Lipinski definition) is 4. The maximum absolute atomic E-state index is 14.2. The van der Waals surface area contributed by atoms with Crippen LogP contribution in [0.3, 0.4) is 0 Å². The van der Waals surface area contributed by atoms with Gasteiger partial charge in [0.25, 0.3) is 5.91 Å². The molecule has 0 saturated heterocycles. The highest BCUT2D eigenvalue weighted by molar-refractivity contribution is 6.12. The first-order valence-corrected chi connectivity index (χ1v) is 12.5. The van der Waals surface area contributed by atoms with Crippen LogP contribution in [-0.2, 0) is 17.0 Å². The summed E-state index contributed by atoms with van der Waals surface area (Å²) in [6.07, 6.45) is 1.65. The first-order chi connectivity index (χ1) is 18.8. The lowest BCUT2D eigenvalue weighted by atomic mass is 10.0. The van der Waals surface area contributed by atoms with Crippen molar-refractivity contribution < 1.29 is 14.4 Å². The van der Waals surface area contributed by atoms with E-state index < -0.39 is 23.6 Å². The lowest BCUT2D eigenvalue weighted by Gasteiger charge is -2.31. The number of carbonyl (C=O) groups excluding carboxylic acids is 3. The molecule has 0 unspecified atom stereocenters. The summed E-state index contributed by atoms with van der Waals surface area (Å²) in [4.78, 5) is 46.6. The van der Waals surface area contributed by atoms with Gasteiger partial charge in [0.15, 0.2) is 0 Å². The first kappa shape index (κ1) is 25.5. The lowest BCUT2D eigenvalue weighted by Crippen LogP contribution is -2.64. The van der Waals surface area contributed by atoms with Crippen molar-refractivity contribution in [1.82, 2.24) is 15.6 Å². The second-order valence-corrected chi connectivity index (χ2v) is 9.37. The van der Waals surface area contributed by atoms with Gasteiger partial charge in [-0.2, -0.15) is 0 Å². The molecule has 0 bridgehead atoms. The van der Waals surface area contributed by atoms with E-state index in [-0.39, 0.29) is 6.54 Å². The van der Waals surface area contributed by atoms with E-state index in [1.165, 1.54) is 4.90 Å². The number of anilines is 3. The number of nitrogens with zero attached hydrogens (tertiary/aromatic N) is 2. The van der Waals surface area contributed by atoms with Crippen molar-refractivity contribution in [2.75, 3.05) is 15.5 Å². The third kappa shape index (κ3) is 5.42. The van der Waals surface area contributed by atoms with Crippen molar-refractivity contribution in [2.24, 2.45) is 0 Å². The van der Waals surface area contributed by atoms with Gasteiger partial charge < -0.3 is 26.2 Å². The highest BCUT2D eigenvalue weighted by Gasteiger charge is 2.53. The van der Waals surface area contributed by atoms with Gasteiger partial charge in [0.2, 0.25) is 5.66 Å². The molecule has 5 amide bonds. The third-order valence-electron chi connectivity index (χ3n) is 6.43. The number of pyridine rings is 1. The Hall–Kier alpha value is -5.18. The van der Waals surface area contributed by atoms with Gasteiger partial charge in [0.1, 0.15) is 0 Å². The Balaban J connectivity index is 1.49. The molecule has 1 aliphatic heterocycles. The zero-order valence-electron chi connectivity index (χ0n) is 21.6. The number of aryl methyl sites for hydroxylation is 2. The number of urea groups is 2. The van der Waals surface area contributed by atoms with Crippen molar-refractivity contribution in [3.8, 4) is 0 Å². The minimum Gasteiger partial charge on any atom is -0.308 e. The number of benzene rings is 3. The molecule has 196 valence electrons.